The van der Waals surface area contributed by atoms with Crippen molar-refractivity contribution in [1.29, 1.82) is 0 Å². The van der Waals surface area contributed by atoms with Gasteiger partial charge >= 0.3 is 5.82 Å². The molecule has 0 amide bonds. The van der Waals surface area contributed by atoms with Crippen LogP contribution in [0.2, 0.25) is 0 Å². The Labute approximate surface area is 137 Å². The van der Waals surface area contributed by atoms with Crippen LogP contribution in [-0.2, 0) is 6.54 Å². The van der Waals surface area contributed by atoms with Gasteiger partial charge < -0.3 is 0 Å². The molecule has 4 heteroatoms. The van der Waals surface area contributed by atoms with E-state index in [1.165, 1.54) is 11.1 Å². The summed E-state index contributed by atoms with van der Waals surface area (Å²) in [6.45, 7) is 7.15. The molecule has 0 aliphatic carbocycles. The van der Waals surface area contributed by atoms with Gasteiger partial charge in [-0.3, -0.25) is 5.43 Å². The highest BCUT2D eigenvalue weighted by atomic mass is 15.5. The van der Waals surface area contributed by atoms with Crippen LogP contribution in [0.4, 0.5) is 0 Å². The fraction of sp³-hybridized carbons (Fsp3) is 0.263. The molecule has 3 rings (SSSR count). The normalized spacial score (nSPS) is 10.8. The molecule has 0 saturated heterocycles. The molecule has 2 aromatic carbocycles. The smallest absolute Gasteiger partial charge is 0.257 e. The van der Waals surface area contributed by atoms with Crippen LogP contribution in [0.25, 0.3) is 22.8 Å². The van der Waals surface area contributed by atoms with Gasteiger partial charge in [0.25, 0.3) is 5.82 Å². The van der Waals surface area contributed by atoms with E-state index in [1.54, 1.807) is 0 Å². The number of nitrogens with one attached hydrogen (secondary N) is 1. The van der Waals surface area contributed by atoms with Crippen LogP contribution < -0.4 is 10.1 Å². The average Bonchev–Trinajstić information content (AvgIpc) is 2.93. The molecule has 1 heterocycles. The molecule has 0 radical (unpaired) electrons. The Morgan fingerprint density at radius 2 is 1.61 bits per heavy atom. The summed E-state index contributed by atoms with van der Waals surface area (Å²) in [7, 11) is 1.93. The Balaban J connectivity index is 2.24. The highest BCUT2D eigenvalue weighted by molar-refractivity contribution is 5.62. The van der Waals surface area contributed by atoms with Gasteiger partial charge in [0.2, 0.25) is 0 Å². The van der Waals surface area contributed by atoms with Crippen LogP contribution >= 0.6 is 0 Å². The van der Waals surface area contributed by atoms with Crippen molar-refractivity contribution in [1.82, 2.24) is 9.77 Å². The van der Waals surface area contributed by atoms with Crippen LogP contribution in [0.5, 0.6) is 0 Å². The Morgan fingerprint density at radius 1 is 1.00 bits per heavy atom. The van der Waals surface area contributed by atoms with Crippen molar-refractivity contribution in [3.05, 3.63) is 59.7 Å². The third-order valence-corrected chi connectivity index (χ3v) is 3.96. The first-order valence-corrected chi connectivity index (χ1v) is 7.98. The number of rotatable bonds is 4. The second kappa shape index (κ2) is 6.24. The summed E-state index contributed by atoms with van der Waals surface area (Å²) >= 11 is 0. The second-order valence-electron chi connectivity index (χ2n) is 5.76. The Bertz CT molecular complexity index is 833. The van der Waals surface area contributed by atoms with Crippen LogP contribution in [0.3, 0.4) is 0 Å². The maximum atomic E-state index is 4.83. The van der Waals surface area contributed by atoms with E-state index in [9.17, 15) is 0 Å². The maximum absolute atomic E-state index is 4.83. The summed E-state index contributed by atoms with van der Waals surface area (Å²) in [5.74, 6) is 1.99. The van der Waals surface area contributed by atoms with Crippen LogP contribution in [0.1, 0.15) is 18.1 Å². The molecule has 23 heavy (non-hydrogen) atoms. The van der Waals surface area contributed by atoms with Crippen LogP contribution in [0, 0.1) is 13.8 Å². The maximum Gasteiger partial charge on any atom is 0.334 e. The molecule has 1 N–H and O–H groups in total. The standard InChI is InChI=1S/C19H23N4/c1-5-22-19(17-11-7-9-15(3)13-17)23(20-4)18(21-22)16-10-6-8-14(2)12-16/h6-13,20H,5H2,1-4H3/q+1. The quantitative estimate of drug-likeness (QED) is 0.750. The molecule has 0 saturated carbocycles. The zero-order valence-corrected chi connectivity index (χ0v) is 14.2. The van der Waals surface area contributed by atoms with Gasteiger partial charge in [-0.2, -0.15) is 0 Å². The Kier molecular flexibility index (Phi) is 4.15. The first kappa shape index (κ1) is 15.3. The molecule has 0 unspecified atom stereocenters. The Morgan fingerprint density at radius 3 is 2.17 bits per heavy atom. The van der Waals surface area contributed by atoms with Crippen LogP contribution in [0.15, 0.2) is 48.5 Å². The molecule has 118 valence electrons. The molecule has 0 fully saturated rings. The van der Waals surface area contributed by atoms with Crippen molar-refractivity contribution in [3.63, 3.8) is 0 Å². The fourth-order valence-corrected chi connectivity index (χ4v) is 2.89. The molecule has 0 aliphatic heterocycles. The molecular weight excluding hydrogens is 284 g/mol. The van der Waals surface area contributed by atoms with Gasteiger partial charge in [0.15, 0.2) is 0 Å². The van der Waals surface area contributed by atoms with E-state index in [1.807, 2.05) is 11.7 Å². The summed E-state index contributed by atoms with van der Waals surface area (Å²) in [6.07, 6.45) is 0. The summed E-state index contributed by atoms with van der Waals surface area (Å²) in [5, 5.41) is 4.83. The third-order valence-electron chi connectivity index (χ3n) is 3.96. The number of aromatic nitrogens is 3. The van der Waals surface area contributed by atoms with E-state index < -0.39 is 0 Å². The Hall–Kier alpha value is -2.62. The first-order valence-electron chi connectivity index (χ1n) is 7.98. The minimum atomic E-state index is 0.816. The van der Waals surface area contributed by atoms with Gasteiger partial charge in [-0.05, 0) is 50.1 Å². The number of nitrogens with zero attached hydrogens (tertiary/aromatic N) is 3. The summed E-state index contributed by atoms with van der Waals surface area (Å²) in [6, 6.07) is 17.0. The number of benzene rings is 2. The van der Waals surface area contributed by atoms with Crippen molar-refractivity contribution in [3.8, 4) is 22.8 Å². The van der Waals surface area contributed by atoms with E-state index in [4.69, 9.17) is 5.10 Å². The molecule has 0 aliphatic rings. The molecule has 3 aromatic rings. The van der Waals surface area contributed by atoms with E-state index in [2.05, 4.69) is 79.4 Å². The molecule has 4 nitrogen and oxygen atoms in total. The fourth-order valence-electron chi connectivity index (χ4n) is 2.89. The van der Waals surface area contributed by atoms with Crippen LogP contribution in [-0.4, -0.2) is 16.8 Å². The van der Waals surface area contributed by atoms with Crippen molar-refractivity contribution in [2.45, 2.75) is 27.3 Å². The van der Waals surface area contributed by atoms with Gasteiger partial charge in [-0.25, -0.2) is 0 Å². The largest absolute Gasteiger partial charge is 0.334 e. The molecule has 0 spiro atoms. The lowest BCUT2D eigenvalue weighted by molar-refractivity contribution is -0.737. The molecule has 1 aromatic heterocycles. The topological polar surface area (TPSA) is 33.7 Å². The van der Waals surface area contributed by atoms with E-state index in [-0.39, 0.29) is 0 Å². The number of aryl methyl sites for hydroxylation is 3. The SMILES string of the molecule is CC[n+]1nc(-c2cccc(C)c2)n(NC)c1-c1cccc(C)c1. The van der Waals surface area contributed by atoms with Gasteiger partial charge in [0, 0.05) is 12.6 Å². The van der Waals surface area contributed by atoms with Gasteiger partial charge in [-0.1, -0.05) is 35.4 Å². The predicted octanol–water partition coefficient (Wildman–Crippen LogP) is 3.31. The van der Waals surface area contributed by atoms with E-state index in [0.717, 1.165) is 29.3 Å². The van der Waals surface area contributed by atoms with Gasteiger partial charge in [0.1, 0.15) is 6.54 Å². The first-order chi connectivity index (χ1) is 11.1. The van der Waals surface area contributed by atoms with Crippen molar-refractivity contribution >= 4 is 0 Å². The van der Waals surface area contributed by atoms with Gasteiger partial charge in [0.05, 0.1) is 5.56 Å². The summed E-state index contributed by atoms with van der Waals surface area (Å²) < 4.78 is 4.11. The van der Waals surface area contributed by atoms with E-state index >= 15 is 0 Å². The molecule has 0 bridgehead atoms. The zero-order chi connectivity index (χ0) is 16.4. The second-order valence-corrected chi connectivity index (χ2v) is 5.76. The number of hydrogen-bond donors (Lipinski definition) is 1. The lowest BCUT2D eigenvalue weighted by Gasteiger charge is -2.04. The highest BCUT2D eigenvalue weighted by Crippen LogP contribution is 2.23. The van der Waals surface area contributed by atoms with E-state index in [0.29, 0.717) is 0 Å². The number of hydrogen-bond acceptors (Lipinski definition) is 2. The monoisotopic (exact) mass is 307 g/mol. The summed E-state index contributed by atoms with van der Waals surface area (Å²) in [5.41, 5.74) is 8.03. The average molecular weight is 307 g/mol. The highest BCUT2D eigenvalue weighted by Gasteiger charge is 2.27. The molecular formula is C19H23N4+. The van der Waals surface area contributed by atoms with Crippen molar-refractivity contribution < 1.29 is 4.68 Å². The van der Waals surface area contributed by atoms with Crippen molar-refractivity contribution in [2.24, 2.45) is 0 Å². The van der Waals surface area contributed by atoms with Crippen molar-refractivity contribution in [2.75, 3.05) is 12.5 Å². The third kappa shape index (κ3) is 2.84. The lowest BCUT2D eigenvalue weighted by Crippen LogP contribution is -2.37. The minimum absolute atomic E-state index is 0.816. The predicted molar refractivity (Wildman–Crippen MR) is 93.7 cm³/mol. The minimum Gasteiger partial charge on any atom is -0.257 e. The lowest BCUT2D eigenvalue weighted by atomic mass is 10.1. The van der Waals surface area contributed by atoms with Gasteiger partial charge in [-0.15, -0.1) is 9.36 Å². The zero-order valence-electron chi connectivity index (χ0n) is 14.2. The molecule has 0 atom stereocenters. The summed E-state index contributed by atoms with van der Waals surface area (Å²) in [4.78, 5) is 0.